The first-order valence-electron chi connectivity index (χ1n) is 12.6. The number of hydrogen-bond acceptors (Lipinski definition) is 4. The number of carbonyl (C=O) groups is 3. The summed E-state index contributed by atoms with van der Waals surface area (Å²) in [5, 5.41) is 14.5. The Bertz CT molecular complexity index is 961. The molecule has 7 nitrogen and oxygen atoms in total. The zero-order chi connectivity index (χ0) is 25.0. The predicted octanol–water partition coefficient (Wildman–Crippen LogP) is 5.24. The lowest BCUT2D eigenvalue weighted by Gasteiger charge is -2.14. The van der Waals surface area contributed by atoms with Gasteiger partial charge in [-0.2, -0.15) is 0 Å². The molecule has 0 aromatic heterocycles. The van der Waals surface area contributed by atoms with Gasteiger partial charge in [0.25, 0.3) is 0 Å². The van der Waals surface area contributed by atoms with Crippen molar-refractivity contribution < 1.29 is 24.2 Å². The summed E-state index contributed by atoms with van der Waals surface area (Å²) in [5.41, 5.74) is 4.80. The second-order valence-corrected chi connectivity index (χ2v) is 9.02. The van der Waals surface area contributed by atoms with Crippen LogP contribution in [0.2, 0.25) is 0 Å². The summed E-state index contributed by atoms with van der Waals surface area (Å²) in [6.07, 6.45) is 5.45. The highest BCUT2D eigenvalue weighted by atomic mass is 16.5. The van der Waals surface area contributed by atoms with Crippen molar-refractivity contribution in [3.63, 3.8) is 0 Å². The fourth-order valence-electron chi connectivity index (χ4n) is 4.59. The van der Waals surface area contributed by atoms with Crippen LogP contribution in [0.1, 0.15) is 75.3 Å². The van der Waals surface area contributed by atoms with Gasteiger partial charge in [-0.25, -0.2) is 9.59 Å². The van der Waals surface area contributed by atoms with E-state index in [1.165, 1.54) is 22.3 Å². The molecule has 3 N–H and O–H groups in total. The number of rotatable bonds is 14. The molecule has 7 heteroatoms. The van der Waals surface area contributed by atoms with Crippen LogP contribution < -0.4 is 10.6 Å². The van der Waals surface area contributed by atoms with Gasteiger partial charge in [-0.3, -0.25) is 4.79 Å². The molecule has 188 valence electrons. The van der Waals surface area contributed by atoms with E-state index in [-0.39, 0.29) is 11.8 Å². The summed E-state index contributed by atoms with van der Waals surface area (Å²) in [4.78, 5) is 35.2. The van der Waals surface area contributed by atoms with Crippen LogP contribution in [-0.4, -0.2) is 42.3 Å². The summed E-state index contributed by atoms with van der Waals surface area (Å²) in [6, 6.07) is 15.7. The molecule has 3 rings (SSSR count). The van der Waals surface area contributed by atoms with Gasteiger partial charge in [-0.15, -0.1) is 0 Å². The topological polar surface area (TPSA) is 105 Å². The van der Waals surface area contributed by atoms with Gasteiger partial charge >= 0.3 is 12.1 Å². The van der Waals surface area contributed by atoms with Crippen molar-refractivity contribution in [2.75, 3.05) is 13.2 Å². The summed E-state index contributed by atoms with van der Waals surface area (Å²) in [7, 11) is 0. The van der Waals surface area contributed by atoms with Gasteiger partial charge in [0, 0.05) is 18.9 Å². The average molecular weight is 481 g/mol. The molecule has 0 aliphatic heterocycles. The van der Waals surface area contributed by atoms with Crippen LogP contribution >= 0.6 is 0 Å². The van der Waals surface area contributed by atoms with Crippen molar-refractivity contribution in [1.82, 2.24) is 10.6 Å². The summed E-state index contributed by atoms with van der Waals surface area (Å²) in [6.45, 7) is 2.75. The maximum absolute atomic E-state index is 12.2. The lowest BCUT2D eigenvalue weighted by atomic mass is 9.98. The van der Waals surface area contributed by atoms with Gasteiger partial charge < -0.3 is 20.5 Å². The van der Waals surface area contributed by atoms with Gasteiger partial charge in [0.05, 0.1) is 0 Å². The first-order valence-corrected chi connectivity index (χ1v) is 12.6. The number of amides is 2. The average Bonchev–Trinajstić information content (AvgIpc) is 3.17. The second-order valence-electron chi connectivity index (χ2n) is 9.02. The molecule has 0 spiro atoms. The fraction of sp³-hybridized carbons (Fsp3) is 0.464. The summed E-state index contributed by atoms with van der Waals surface area (Å²) in [5.74, 6) is -1.13. The Labute approximate surface area is 207 Å². The van der Waals surface area contributed by atoms with Crippen molar-refractivity contribution in [3.8, 4) is 11.1 Å². The predicted molar refractivity (Wildman–Crippen MR) is 135 cm³/mol. The van der Waals surface area contributed by atoms with E-state index in [0.717, 1.165) is 32.1 Å². The van der Waals surface area contributed by atoms with E-state index < -0.39 is 18.1 Å². The molecular weight excluding hydrogens is 444 g/mol. The minimum atomic E-state index is -0.982. The smallest absolute Gasteiger partial charge is 0.407 e. The standard InChI is InChI=1S/C28H36N2O5/c1-2-12-25(27(32)33)30-26(31)17-6-4-3-5-11-18-29-28(34)35-19-24-22-15-9-7-13-20(22)21-14-8-10-16-23(21)24/h7-10,13-16,24-25H,2-6,11-12,17-19H2,1H3,(H,29,34)(H,30,31)(H,32,33). The summed E-state index contributed by atoms with van der Waals surface area (Å²) < 4.78 is 5.54. The Balaban J connectivity index is 1.26. The Hall–Kier alpha value is -3.35. The van der Waals surface area contributed by atoms with E-state index in [2.05, 4.69) is 34.9 Å². The van der Waals surface area contributed by atoms with Crippen molar-refractivity contribution >= 4 is 18.0 Å². The van der Waals surface area contributed by atoms with E-state index in [1.54, 1.807) is 0 Å². The maximum atomic E-state index is 12.2. The highest BCUT2D eigenvalue weighted by Crippen LogP contribution is 2.44. The molecule has 0 saturated carbocycles. The van der Waals surface area contributed by atoms with Gasteiger partial charge in [-0.1, -0.05) is 81.1 Å². The molecule has 0 saturated heterocycles. The zero-order valence-electron chi connectivity index (χ0n) is 20.4. The number of hydrogen-bond donors (Lipinski definition) is 3. The molecule has 35 heavy (non-hydrogen) atoms. The van der Waals surface area contributed by atoms with Gasteiger partial charge in [0.15, 0.2) is 0 Å². The van der Waals surface area contributed by atoms with Crippen molar-refractivity contribution in [3.05, 3.63) is 59.7 Å². The van der Waals surface area contributed by atoms with Gasteiger partial charge in [-0.05, 0) is 41.5 Å². The fourth-order valence-corrected chi connectivity index (χ4v) is 4.59. The first kappa shape index (κ1) is 26.3. The molecule has 2 amide bonds. The van der Waals surface area contributed by atoms with Crippen LogP contribution in [0.25, 0.3) is 11.1 Å². The van der Waals surface area contributed by atoms with E-state index in [9.17, 15) is 14.4 Å². The van der Waals surface area contributed by atoms with Crippen LogP contribution in [0.5, 0.6) is 0 Å². The molecule has 1 unspecified atom stereocenters. The van der Waals surface area contributed by atoms with Gasteiger partial charge in [0.1, 0.15) is 12.6 Å². The van der Waals surface area contributed by atoms with Crippen molar-refractivity contribution in [1.29, 1.82) is 0 Å². The molecular formula is C28H36N2O5. The van der Waals surface area contributed by atoms with E-state index in [1.807, 2.05) is 31.2 Å². The Morgan fingerprint density at radius 2 is 1.51 bits per heavy atom. The molecule has 2 aromatic rings. The number of benzene rings is 2. The van der Waals surface area contributed by atoms with E-state index in [0.29, 0.717) is 32.4 Å². The monoisotopic (exact) mass is 480 g/mol. The molecule has 0 bridgehead atoms. The van der Waals surface area contributed by atoms with Crippen molar-refractivity contribution in [2.24, 2.45) is 0 Å². The SMILES string of the molecule is CCCC(NC(=O)CCCCCCCNC(=O)OCC1c2ccccc2-c2ccccc21)C(=O)O. The minimum Gasteiger partial charge on any atom is -0.480 e. The highest BCUT2D eigenvalue weighted by Gasteiger charge is 2.28. The van der Waals surface area contributed by atoms with E-state index >= 15 is 0 Å². The number of carboxylic acid groups (broad SMARTS) is 1. The number of carboxylic acids is 1. The molecule has 1 atom stereocenters. The van der Waals surface area contributed by atoms with Crippen LogP contribution in [0.4, 0.5) is 4.79 Å². The lowest BCUT2D eigenvalue weighted by molar-refractivity contribution is -0.142. The van der Waals surface area contributed by atoms with E-state index in [4.69, 9.17) is 9.84 Å². The molecule has 0 radical (unpaired) electrons. The number of aliphatic carboxylic acids is 1. The zero-order valence-corrected chi connectivity index (χ0v) is 20.4. The number of fused-ring (bicyclic) bond motifs is 3. The normalized spacial score (nSPS) is 12.9. The van der Waals surface area contributed by atoms with Crippen molar-refractivity contribution in [2.45, 2.75) is 70.3 Å². The van der Waals surface area contributed by atoms with Crippen LogP contribution in [-0.2, 0) is 14.3 Å². The maximum Gasteiger partial charge on any atom is 0.407 e. The van der Waals surface area contributed by atoms with Gasteiger partial charge in [0.2, 0.25) is 5.91 Å². The largest absolute Gasteiger partial charge is 0.480 e. The third-order valence-electron chi connectivity index (χ3n) is 6.40. The third-order valence-corrected chi connectivity index (χ3v) is 6.40. The molecule has 1 aliphatic carbocycles. The molecule has 0 fully saturated rings. The first-order chi connectivity index (χ1) is 17.0. The number of alkyl carbamates (subject to hydrolysis) is 1. The van der Waals surface area contributed by atoms with Crippen LogP contribution in [0.3, 0.4) is 0 Å². The Kier molecular flexibility index (Phi) is 10.1. The highest BCUT2D eigenvalue weighted by molar-refractivity contribution is 5.83. The third kappa shape index (κ3) is 7.57. The lowest BCUT2D eigenvalue weighted by Crippen LogP contribution is -2.40. The number of ether oxygens (including phenoxy) is 1. The number of carbonyl (C=O) groups excluding carboxylic acids is 2. The van der Waals surface area contributed by atoms with Crippen LogP contribution in [0.15, 0.2) is 48.5 Å². The quantitative estimate of drug-likeness (QED) is 0.321. The molecule has 1 aliphatic rings. The summed E-state index contributed by atoms with van der Waals surface area (Å²) >= 11 is 0. The minimum absolute atomic E-state index is 0.0538. The Morgan fingerprint density at radius 1 is 0.914 bits per heavy atom. The number of unbranched alkanes of at least 4 members (excludes halogenated alkanes) is 4. The Morgan fingerprint density at radius 3 is 2.14 bits per heavy atom. The van der Waals surface area contributed by atoms with Crippen LogP contribution in [0, 0.1) is 0 Å². The second kappa shape index (κ2) is 13.5. The molecule has 0 heterocycles. The number of nitrogens with one attached hydrogen (secondary N) is 2. The molecule has 2 aromatic carbocycles.